The molecule has 0 saturated heterocycles. The van der Waals surface area contributed by atoms with Crippen molar-refractivity contribution in [2.45, 2.75) is 39.7 Å². The van der Waals surface area contributed by atoms with Crippen LogP contribution in [-0.2, 0) is 13.0 Å². The molecule has 2 aromatic carbocycles. The first-order chi connectivity index (χ1) is 12.1. The molecular formula is C21H22N2O2. The topological polar surface area (TPSA) is 52.0 Å². The van der Waals surface area contributed by atoms with Crippen molar-refractivity contribution in [1.29, 1.82) is 0 Å². The van der Waals surface area contributed by atoms with Gasteiger partial charge in [0, 0.05) is 24.9 Å². The van der Waals surface area contributed by atoms with Crippen LogP contribution in [-0.4, -0.2) is 15.3 Å². The molecule has 0 atom stereocenters. The molecule has 0 amide bonds. The van der Waals surface area contributed by atoms with Crippen LogP contribution in [0.4, 0.5) is 0 Å². The molecule has 0 saturated carbocycles. The largest absolute Gasteiger partial charge is 0.296 e. The van der Waals surface area contributed by atoms with Crippen molar-refractivity contribution < 1.29 is 4.79 Å². The maximum absolute atomic E-state index is 12.7. The van der Waals surface area contributed by atoms with Gasteiger partial charge in [-0.1, -0.05) is 43.3 Å². The lowest BCUT2D eigenvalue weighted by atomic mass is 10.0. The van der Waals surface area contributed by atoms with Crippen LogP contribution < -0.4 is 5.56 Å². The fraction of sp³-hybridized carbons (Fsp3) is 0.286. The van der Waals surface area contributed by atoms with Gasteiger partial charge >= 0.3 is 0 Å². The SMILES string of the molecule is CCCC(=O)c1ccc(Cc2nc3ccccc3c(=O)n2CC)cc1. The van der Waals surface area contributed by atoms with Crippen LogP contribution in [0.5, 0.6) is 0 Å². The number of ketones is 1. The van der Waals surface area contributed by atoms with Crippen LogP contribution in [0.1, 0.15) is 48.4 Å². The number of Topliss-reactive ketones (excluding diaryl/α,β-unsaturated/α-hetero) is 1. The van der Waals surface area contributed by atoms with E-state index in [2.05, 4.69) is 4.98 Å². The van der Waals surface area contributed by atoms with Gasteiger partial charge in [-0.3, -0.25) is 14.2 Å². The molecule has 0 radical (unpaired) electrons. The second-order valence-corrected chi connectivity index (χ2v) is 6.14. The van der Waals surface area contributed by atoms with Crippen molar-refractivity contribution in [2.75, 3.05) is 0 Å². The van der Waals surface area contributed by atoms with Gasteiger partial charge < -0.3 is 0 Å². The van der Waals surface area contributed by atoms with Gasteiger partial charge in [0.1, 0.15) is 5.82 Å². The average Bonchev–Trinajstić information content (AvgIpc) is 2.63. The molecule has 0 bridgehead atoms. The van der Waals surface area contributed by atoms with Crippen LogP contribution >= 0.6 is 0 Å². The van der Waals surface area contributed by atoms with Crippen molar-refractivity contribution in [1.82, 2.24) is 9.55 Å². The van der Waals surface area contributed by atoms with Gasteiger partial charge in [-0.25, -0.2) is 4.98 Å². The Bertz CT molecular complexity index is 956. The second-order valence-electron chi connectivity index (χ2n) is 6.14. The molecule has 25 heavy (non-hydrogen) atoms. The van der Waals surface area contributed by atoms with Gasteiger partial charge in [-0.2, -0.15) is 0 Å². The maximum atomic E-state index is 12.7. The normalized spacial score (nSPS) is 11.0. The number of benzene rings is 2. The number of hydrogen-bond donors (Lipinski definition) is 0. The van der Waals surface area contributed by atoms with E-state index in [4.69, 9.17) is 0 Å². The minimum Gasteiger partial charge on any atom is -0.296 e. The first-order valence-electron chi connectivity index (χ1n) is 8.74. The highest BCUT2D eigenvalue weighted by molar-refractivity contribution is 5.96. The Kier molecular flexibility index (Phi) is 5.08. The number of aromatic nitrogens is 2. The van der Waals surface area contributed by atoms with Crippen LogP contribution in [0.15, 0.2) is 53.3 Å². The van der Waals surface area contributed by atoms with Crippen LogP contribution in [0.25, 0.3) is 10.9 Å². The van der Waals surface area contributed by atoms with Gasteiger partial charge in [-0.05, 0) is 31.0 Å². The number of carbonyl (C=O) groups is 1. The fourth-order valence-electron chi connectivity index (χ4n) is 3.04. The number of carbonyl (C=O) groups excluding carboxylic acids is 1. The van der Waals surface area contributed by atoms with Gasteiger partial charge in [0.15, 0.2) is 5.78 Å². The molecule has 0 spiro atoms. The molecule has 3 aromatic rings. The number of para-hydroxylation sites is 1. The molecule has 0 aliphatic carbocycles. The highest BCUT2D eigenvalue weighted by atomic mass is 16.1. The molecule has 0 unspecified atom stereocenters. The molecule has 0 aliphatic rings. The zero-order valence-electron chi connectivity index (χ0n) is 14.7. The maximum Gasteiger partial charge on any atom is 0.261 e. The Morgan fingerprint density at radius 3 is 2.44 bits per heavy atom. The summed E-state index contributed by atoms with van der Waals surface area (Å²) >= 11 is 0. The zero-order chi connectivity index (χ0) is 17.8. The van der Waals surface area contributed by atoms with Crippen molar-refractivity contribution in [2.24, 2.45) is 0 Å². The first kappa shape index (κ1) is 17.1. The van der Waals surface area contributed by atoms with Gasteiger partial charge in [0.05, 0.1) is 10.9 Å². The van der Waals surface area contributed by atoms with Crippen molar-refractivity contribution in [3.8, 4) is 0 Å². The average molecular weight is 334 g/mol. The Labute approximate surface area is 147 Å². The number of hydrogen-bond acceptors (Lipinski definition) is 3. The number of fused-ring (bicyclic) bond motifs is 1. The lowest BCUT2D eigenvalue weighted by molar-refractivity contribution is 0.0981. The monoisotopic (exact) mass is 334 g/mol. The second kappa shape index (κ2) is 7.43. The lowest BCUT2D eigenvalue weighted by Crippen LogP contribution is -2.24. The van der Waals surface area contributed by atoms with E-state index in [9.17, 15) is 9.59 Å². The van der Waals surface area contributed by atoms with Crippen molar-refractivity contribution in [3.63, 3.8) is 0 Å². The summed E-state index contributed by atoms with van der Waals surface area (Å²) in [6.45, 7) is 4.54. The van der Waals surface area contributed by atoms with E-state index in [-0.39, 0.29) is 11.3 Å². The van der Waals surface area contributed by atoms with E-state index >= 15 is 0 Å². The Morgan fingerprint density at radius 2 is 1.76 bits per heavy atom. The third-order valence-electron chi connectivity index (χ3n) is 4.37. The Hall–Kier alpha value is -2.75. The minimum absolute atomic E-state index is 0.00200. The standard InChI is InChI=1S/C21H22N2O2/c1-3-7-19(24)16-12-10-15(11-13-16)14-20-22-18-9-6-5-8-17(18)21(25)23(20)4-2/h5-6,8-13H,3-4,7,14H2,1-2H3. The molecule has 0 fully saturated rings. The highest BCUT2D eigenvalue weighted by Gasteiger charge is 2.11. The smallest absolute Gasteiger partial charge is 0.261 e. The molecule has 1 heterocycles. The minimum atomic E-state index is -0.00200. The predicted octanol–water partition coefficient (Wildman–Crippen LogP) is 3.99. The van der Waals surface area contributed by atoms with Gasteiger partial charge in [0.2, 0.25) is 0 Å². The summed E-state index contributed by atoms with van der Waals surface area (Å²) in [5.74, 6) is 0.919. The van der Waals surface area contributed by atoms with Crippen molar-refractivity contribution >= 4 is 16.7 Å². The molecule has 3 rings (SSSR count). The molecule has 1 aromatic heterocycles. The molecular weight excluding hydrogens is 312 g/mol. The molecule has 0 N–H and O–H groups in total. The summed E-state index contributed by atoms with van der Waals surface area (Å²) < 4.78 is 1.72. The van der Waals surface area contributed by atoms with Crippen LogP contribution in [0, 0.1) is 0 Å². The molecule has 128 valence electrons. The summed E-state index contributed by atoms with van der Waals surface area (Å²) in [5, 5.41) is 0.647. The Balaban J connectivity index is 1.95. The summed E-state index contributed by atoms with van der Waals surface area (Å²) in [5.41, 5.74) is 2.50. The van der Waals surface area contributed by atoms with Crippen molar-refractivity contribution in [3.05, 3.63) is 75.8 Å². The Morgan fingerprint density at radius 1 is 1.04 bits per heavy atom. The third kappa shape index (κ3) is 3.53. The number of rotatable bonds is 6. The first-order valence-corrected chi connectivity index (χ1v) is 8.74. The molecule has 4 nitrogen and oxygen atoms in total. The summed E-state index contributed by atoms with van der Waals surface area (Å²) in [6, 6.07) is 15.1. The van der Waals surface area contributed by atoms with Gasteiger partial charge in [0.25, 0.3) is 5.56 Å². The zero-order valence-corrected chi connectivity index (χ0v) is 14.7. The van der Waals surface area contributed by atoms with E-state index in [0.717, 1.165) is 28.9 Å². The fourth-order valence-corrected chi connectivity index (χ4v) is 3.04. The summed E-state index contributed by atoms with van der Waals surface area (Å²) in [6.07, 6.45) is 1.99. The molecule has 0 aliphatic heterocycles. The van der Waals surface area contributed by atoms with E-state index in [0.29, 0.717) is 24.8 Å². The van der Waals surface area contributed by atoms with E-state index in [1.165, 1.54) is 0 Å². The van der Waals surface area contributed by atoms with Crippen LogP contribution in [0.2, 0.25) is 0 Å². The quantitative estimate of drug-likeness (QED) is 0.641. The van der Waals surface area contributed by atoms with E-state index in [1.807, 2.05) is 62.4 Å². The third-order valence-corrected chi connectivity index (χ3v) is 4.37. The lowest BCUT2D eigenvalue weighted by Gasteiger charge is -2.12. The van der Waals surface area contributed by atoms with Crippen LogP contribution in [0.3, 0.4) is 0 Å². The number of nitrogens with zero attached hydrogens (tertiary/aromatic N) is 2. The summed E-state index contributed by atoms with van der Waals surface area (Å²) in [7, 11) is 0. The highest BCUT2D eigenvalue weighted by Crippen LogP contribution is 2.14. The van der Waals surface area contributed by atoms with E-state index < -0.39 is 0 Å². The molecule has 4 heteroatoms. The van der Waals surface area contributed by atoms with E-state index in [1.54, 1.807) is 4.57 Å². The van der Waals surface area contributed by atoms with Gasteiger partial charge in [-0.15, -0.1) is 0 Å². The predicted molar refractivity (Wildman–Crippen MR) is 100 cm³/mol. The summed E-state index contributed by atoms with van der Waals surface area (Å²) in [4.78, 5) is 29.3.